The van der Waals surface area contributed by atoms with Gasteiger partial charge in [0.05, 0.1) is 10.3 Å². The first-order valence-corrected chi connectivity index (χ1v) is 7.33. The molecule has 0 bridgehead atoms. The van der Waals surface area contributed by atoms with Crippen molar-refractivity contribution in [3.05, 3.63) is 87.1 Å². The van der Waals surface area contributed by atoms with E-state index in [-0.39, 0.29) is 16.5 Å². The second-order valence-electron chi connectivity index (χ2n) is 5.47. The van der Waals surface area contributed by atoms with Gasteiger partial charge in [0.1, 0.15) is 11.3 Å². The molecule has 0 atom stereocenters. The van der Waals surface area contributed by atoms with Crippen LogP contribution in [0.2, 0.25) is 0 Å². The van der Waals surface area contributed by atoms with E-state index in [1.54, 1.807) is 0 Å². The molecule has 5 nitrogen and oxygen atoms in total. The minimum Gasteiger partial charge on any atom is -0.456 e. The van der Waals surface area contributed by atoms with Gasteiger partial charge in [-0.1, -0.05) is 36.4 Å². The van der Waals surface area contributed by atoms with Crippen molar-refractivity contribution in [1.29, 1.82) is 0 Å². The lowest BCUT2D eigenvalue weighted by atomic mass is 10.0. The third-order valence-corrected chi connectivity index (χ3v) is 3.96. The fourth-order valence-corrected chi connectivity index (χ4v) is 2.74. The topological polar surface area (TPSA) is 73.3 Å². The molecule has 4 aromatic rings. The number of nitro benzene ring substituents is 1. The van der Waals surface area contributed by atoms with E-state index in [9.17, 15) is 14.9 Å². The van der Waals surface area contributed by atoms with Crippen LogP contribution in [0.3, 0.4) is 0 Å². The first-order valence-electron chi connectivity index (χ1n) is 7.33. The Morgan fingerprint density at radius 2 is 1.67 bits per heavy atom. The number of hydrogen-bond donors (Lipinski definition) is 0. The lowest BCUT2D eigenvalue weighted by Gasteiger charge is -2.05. The van der Waals surface area contributed by atoms with Gasteiger partial charge in [-0.25, -0.2) is 0 Å². The molecule has 3 aromatic carbocycles. The zero-order chi connectivity index (χ0) is 16.7. The van der Waals surface area contributed by atoms with Crippen molar-refractivity contribution in [2.75, 3.05) is 0 Å². The summed E-state index contributed by atoms with van der Waals surface area (Å²) >= 11 is 0. The van der Waals surface area contributed by atoms with E-state index in [2.05, 4.69) is 0 Å². The van der Waals surface area contributed by atoms with Crippen molar-refractivity contribution in [1.82, 2.24) is 0 Å². The average Bonchev–Trinajstić information content (AvgIpc) is 2.61. The van der Waals surface area contributed by atoms with E-state index in [0.29, 0.717) is 11.3 Å². The predicted octanol–water partition coefficient (Wildman–Crippen LogP) is 4.52. The molecule has 0 spiro atoms. The second-order valence-corrected chi connectivity index (χ2v) is 5.47. The van der Waals surface area contributed by atoms with Crippen LogP contribution >= 0.6 is 0 Å². The average molecular weight is 317 g/mol. The van der Waals surface area contributed by atoms with Gasteiger partial charge in [0.15, 0.2) is 5.43 Å². The van der Waals surface area contributed by atoms with Crippen LogP contribution in [0.25, 0.3) is 33.1 Å². The molecule has 0 aliphatic rings. The minimum absolute atomic E-state index is 0.131. The Hall–Kier alpha value is -3.47. The lowest BCUT2D eigenvalue weighted by Crippen LogP contribution is -2.01. The summed E-state index contributed by atoms with van der Waals surface area (Å²) in [5.41, 5.74) is 0.679. The van der Waals surface area contributed by atoms with Gasteiger partial charge in [-0.05, 0) is 22.9 Å². The smallest absolute Gasteiger partial charge is 0.270 e. The van der Waals surface area contributed by atoms with Gasteiger partial charge in [0.25, 0.3) is 5.69 Å². The molecule has 0 fully saturated rings. The standard InChI is InChI=1S/C19H11NO4/c21-17-11-19(14-6-5-12-3-1-2-4-13(12)9-14)24-18-8-7-15(20(22)23)10-16(17)18/h1-11H. The molecule has 0 N–H and O–H groups in total. The predicted molar refractivity (Wildman–Crippen MR) is 92.1 cm³/mol. The van der Waals surface area contributed by atoms with Gasteiger partial charge in [-0.2, -0.15) is 0 Å². The lowest BCUT2D eigenvalue weighted by molar-refractivity contribution is -0.384. The van der Waals surface area contributed by atoms with E-state index >= 15 is 0 Å². The maximum atomic E-state index is 12.3. The van der Waals surface area contributed by atoms with E-state index in [1.165, 1.54) is 24.3 Å². The molecule has 0 radical (unpaired) electrons. The fourth-order valence-electron chi connectivity index (χ4n) is 2.74. The number of nitro groups is 1. The maximum absolute atomic E-state index is 12.3. The van der Waals surface area contributed by atoms with Crippen LogP contribution in [0.5, 0.6) is 0 Å². The number of hydrogen-bond acceptors (Lipinski definition) is 4. The summed E-state index contributed by atoms with van der Waals surface area (Å²) in [5, 5.41) is 13.2. The Labute approximate surface area is 135 Å². The first-order chi connectivity index (χ1) is 11.6. The molecule has 4 rings (SSSR count). The Balaban J connectivity index is 1.91. The monoisotopic (exact) mass is 317 g/mol. The van der Waals surface area contributed by atoms with E-state index in [1.807, 2.05) is 42.5 Å². The Kier molecular flexibility index (Phi) is 3.13. The van der Waals surface area contributed by atoms with Crippen LogP contribution in [-0.4, -0.2) is 4.92 Å². The van der Waals surface area contributed by atoms with Crippen LogP contribution < -0.4 is 5.43 Å². The largest absolute Gasteiger partial charge is 0.456 e. The first kappa shape index (κ1) is 14.1. The number of benzene rings is 3. The summed E-state index contributed by atoms with van der Waals surface area (Å²) in [6, 6.07) is 19.1. The van der Waals surface area contributed by atoms with Crippen molar-refractivity contribution in [3.8, 4) is 11.3 Å². The van der Waals surface area contributed by atoms with Crippen LogP contribution in [0.15, 0.2) is 75.9 Å². The van der Waals surface area contributed by atoms with Crippen LogP contribution in [0, 0.1) is 10.1 Å². The van der Waals surface area contributed by atoms with Crippen molar-refractivity contribution in [2.45, 2.75) is 0 Å². The van der Waals surface area contributed by atoms with Gasteiger partial charge < -0.3 is 4.42 Å². The highest BCUT2D eigenvalue weighted by Crippen LogP contribution is 2.27. The van der Waals surface area contributed by atoms with Gasteiger partial charge in [0, 0.05) is 23.8 Å². The van der Waals surface area contributed by atoms with Gasteiger partial charge >= 0.3 is 0 Å². The molecular weight excluding hydrogens is 306 g/mol. The Bertz CT molecular complexity index is 1160. The molecule has 24 heavy (non-hydrogen) atoms. The molecule has 0 saturated carbocycles. The number of non-ortho nitro benzene ring substituents is 1. The van der Waals surface area contributed by atoms with Crippen LogP contribution in [0.1, 0.15) is 0 Å². The Morgan fingerprint density at radius 3 is 2.46 bits per heavy atom. The molecule has 0 amide bonds. The molecular formula is C19H11NO4. The normalized spacial score (nSPS) is 11.0. The van der Waals surface area contributed by atoms with Crippen molar-refractivity contribution in [2.24, 2.45) is 0 Å². The fraction of sp³-hybridized carbons (Fsp3) is 0. The van der Waals surface area contributed by atoms with Gasteiger partial charge in [0.2, 0.25) is 0 Å². The summed E-state index contributed by atoms with van der Waals surface area (Å²) in [7, 11) is 0. The third-order valence-electron chi connectivity index (χ3n) is 3.96. The molecule has 1 aromatic heterocycles. The molecule has 0 unspecified atom stereocenters. The van der Waals surface area contributed by atoms with Crippen molar-refractivity contribution in [3.63, 3.8) is 0 Å². The van der Waals surface area contributed by atoms with E-state index in [4.69, 9.17) is 4.42 Å². The summed E-state index contributed by atoms with van der Waals surface area (Å²) < 4.78 is 5.79. The highest BCUT2D eigenvalue weighted by molar-refractivity contribution is 5.87. The SMILES string of the molecule is O=c1cc(-c2ccc3ccccc3c2)oc2ccc([N+](=O)[O-])cc12. The van der Waals surface area contributed by atoms with Crippen molar-refractivity contribution < 1.29 is 9.34 Å². The summed E-state index contributed by atoms with van der Waals surface area (Å²) in [4.78, 5) is 22.6. The number of rotatable bonds is 2. The van der Waals surface area contributed by atoms with E-state index < -0.39 is 4.92 Å². The number of fused-ring (bicyclic) bond motifs is 2. The zero-order valence-electron chi connectivity index (χ0n) is 12.4. The summed E-state index contributed by atoms with van der Waals surface area (Å²) in [6.07, 6.45) is 0. The van der Waals surface area contributed by atoms with Crippen LogP contribution in [-0.2, 0) is 0 Å². The molecule has 0 saturated heterocycles. The van der Waals surface area contributed by atoms with Gasteiger partial charge in [-0.15, -0.1) is 0 Å². The highest BCUT2D eigenvalue weighted by Gasteiger charge is 2.12. The summed E-state index contributed by atoms with van der Waals surface area (Å²) in [6.45, 7) is 0. The molecule has 0 aliphatic carbocycles. The number of nitrogens with zero attached hydrogens (tertiary/aromatic N) is 1. The molecule has 116 valence electrons. The molecule has 1 heterocycles. The second kappa shape index (κ2) is 5.31. The highest BCUT2D eigenvalue weighted by atomic mass is 16.6. The maximum Gasteiger partial charge on any atom is 0.270 e. The van der Waals surface area contributed by atoms with Gasteiger partial charge in [-0.3, -0.25) is 14.9 Å². The minimum atomic E-state index is -0.532. The van der Waals surface area contributed by atoms with Crippen molar-refractivity contribution >= 4 is 27.4 Å². The molecule has 5 heteroatoms. The zero-order valence-corrected chi connectivity index (χ0v) is 12.4. The summed E-state index contributed by atoms with van der Waals surface area (Å²) in [5.74, 6) is 0.437. The van der Waals surface area contributed by atoms with E-state index in [0.717, 1.165) is 16.3 Å². The quantitative estimate of drug-likeness (QED) is 0.402. The molecule has 0 aliphatic heterocycles. The third kappa shape index (κ3) is 2.32. The van der Waals surface area contributed by atoms with Crippen LogP contribution in [0.4, 0.5) is 5.69 Å². The Morgan fingerprint density at radius 1 is 0.875 bits per heavy atom.